The molecule has 0 fully saturated rings. The molecule has 0 unspecified atom stereocenters. The summed E-state index contributed by atoms with van der Waals surface area (Å²) < 4.78 is 6.09. The largest absolute Gasteiger partial charge is 0.490 e. The molecule has 0 radical (unpaired) electrons. The number of carbonyl (C=O) groups is 2. The number of fused-ring (bicyclic) bond motifs is 1. The second kappa shape index (κ2) is 10.7. The molecule has 3 rings (SSSR count). The smallest absolute Gasteiger partial charge is 0.258 e. The molecule has 0 saturated carbocycles. The number of ether oxygens (including phenoxy) is 1. The van der Waals surface area contributed by atoms with E-state index in [0.717, 1.165) is 5.56 Å². The average Bonchev–Trinajstić information content (AvgIpc) is 2.75. The van der Waals surface area contributed by atoms with Crippen molar-refractivity contribution in [2.24, 2.45) is 5.92 Å². The molecule has 3 atom stereocenters. The third kappa shape index (κ3) is 5.71. The second-order valence-electron chi connectivity index (χ2n) is 8.59. The van der Waals surface area contributed by atoms with E-state index < -0.39 is 6.04 Å². The number of benzene rings is 2. The van der Waals surface area contributed by atoms with Crippen LogP contribution >= 0.6 is 11.6 Å². The number of halogens is 1. The minimum Gasteiger partial charge on any atom is -0.490 e. The highest BCUT2D eigenvalue weighted by molar-refractivity contribution is 6.30. The van der Waals surface area contributed by atoms with Gasteiger partial charge in [0.05, 0.1) is 17.7 Å². The molecule has 1 aliphatic rings. The normalized spacial score (nSPS) is 23.7. The number of hydrogen-bond donors (Lipinski definition) is 1. The Kier molecular flexibility index (Phi) is 7.97. The Morgan fingerprint density at radius 1 is 1.06 bits per heavy atom. The van der Waals surface area contributed by atoms with E-state index in [1.54, 1.807) is 25.2 Å². The highest BCUT2D eigenvalue weighted by Gasteiger charge is 2.33. The lowest BCUT2D eigenvalue weighted by molar-refractivity contribution is -0.127. The van der Waals surface area contributed by atoms with Gasteiger partial charge < -0.3 is 15.0 Å². The molecule has 5 nitrogen and oxygen atoms in total. The molecule has 0 bridgehead atoms. The number of para-hydroxylation sites is 1. The SMILES string of the molecule is CC(C)[C@H]1C(=O)N[C@H](c2cccc(Cl)c2)C/C=C\C[C@H](C)Oc2ccccc2C(=O)N1C. The molecule has 1 heterocycles. The van der Waals surface area contributed by atoms with Gasteiger partial charge in [-0.2, -0.15) is 0 Å². The van der Waals surface area contributed by atoms with Crippen molar-refractivity contribution in [2.75, 3.05) is 7.05 Å². The van der Waals surface area contributed by atoms with Gasteiger partial charge in [0.25, 0.3) is 5.91 Å². The fourth-order valence-electron chi connectivity index (χ4n) is 4.03. The molecule has 2 aromatic rings. The van der Waals surface area contributed by atoms with Crippen LogP contribution < -0.4 is 10.1 Å². The molecule has 0 spiro atoms. The fourth-order valence-corrected chi connectivity index (χ4v) is 4.23. The minimum absolute atomic E-state index is 0.0839. The van der Waals surface area contributed by atoms with Crippen LogP contribution in [0.2, 0.25) is 5.02 Å². The maximum Gasteiger partial charge on any atom is 0.258 e. The molecular weight excluding hydrogens is 424 g/mol. The van der Waals surface area contributed by atoms with Gasteiger partial charge in [-0.3, -0.25) is 9.59 Å². The van der Waals surface area contributed by atoms with Gasteiger partial charge in [-0.05, 0) is 49.1 Å². The average molecular weight is 455 g/mol. The van der Waals surface area contributed by atoms with Gasteiger partial charge >= 0.3 is 0 Å². The summed E-state index contributed by atoms with van der Waals surface area (Å²) in [6.45, 7) is 5.86. The number of amides is 2. The van der Waals surface area contributed by atoms with Crippen LogP contribution in [-0.4, -0.2) is 35.9 Å². The maximum atomic E-state index is 13.4. The first-order valence-corrected chi connectivity index (χ1v) is 11.4. The molecule has 2 aromatic carbocycles. The molecule has 6 heteroatoms. The Morgan fingerprint density at radius 2 is 1.78 bits per heavy atom. The van der Waals surface area contributed by atoms with Gasteiger partial charge in [0.2, 0.25) is 5.91 Å². The lowest BCUT2D eigenvalue weighted by atomic mass is 9.98. The number of nitrogens with zero attached hydrogens (tertiary/aromatic N) is 1. The lowest BCUT2D eigenvalue weighted by Gasteiger charge is -2.32. The fraction of sp³-hybridized carbons (Fsp3) is 0.385. The topological polar surface area (TPSA) is 58.6 Å². The van der Waals surface area contributed by atoms with Crippen molar-refractivity contribution < 1.29 is 14.3 Å². The predicted molar refractivity (Wildman–Crippen MR) is 128 cm³/mol. The number of carbonyl (C=O) groups excluding carboxylic acids is 2. The molecule has 1 aliphatic heterocycles. The molecule has 170 valence electrons. The van der Waals surface area contributed by atoms with E-state index in [-0.39, 0.29) is 29.9 Å². The van der Waals surface area contributed by atoms with E-state index in [9.17, 15) is 9.59 Å². The van der Waals surface area contributed by atoms with Gasteiger partial charge in [0.1, 0.15) is 11.8 Å². The Bertz CT molecular complexity index is 989. The first-order chi connectivity index (χ1) is 15.3. The zero-order chi connectivity index (χ0) is 23.3. The number of likely N-dealkylation sites (N-methyl/N-ethyl adjacent to an activating group) is 1. The summed E-state index contributed by atoms with van der Waals surface area (Å²) in [6.07, 6.45) is 5.30. The quantitative estimate of drug-likeness (QED) is 0.617. The summed E-state index contributed by atoms with van der Waals surface area (Å²) >= 11 is 6.21. The molecule has 0 aliphatic carbocycles. The first kappa shape index (κ1) is 23.9. The van der Waals surface area contributed by atoms with E-state index in [2.05, 4.69) is 17.5 Å². The Hall–Kier alpha value is -2.79. The highest BCUT2D eigenvalue weighted by Crippen LogP contribution is 2.26. The van der Waals surface area contributed by atoms with E-state index in [1.165, 1.54) is 4.90 Å². The molecule has 0 aromatic heterocycles. The van der Waals surface area contributed by atoms with Gasteiger partial charge in [-0.1, -0.05) is 61.9 Å². The summed E-state index contributed by atoms with van der Waals surface area (Å²) in [5, 5.41) is 3.78. The van der Waals surface area contributed by atoms with Crippen LogP contribution in [-0.2, 0) is 4.79 Å². The van der Waals surface area contributed by atoms with Crippen LogP contribution in [0.25, 0.3) is 0 Å². The number of hydrogen-bond acceptors (Lipinski definition) is 3. The standard InChI is InChI=1S/C26H31ClN2O3/c1-17(2)24-25(30)28-22(19-11-9-12-20(27)16-19)14-7-5-10-18(3)32-23-15-8-6-13-21(23)26(31)29(24)4/h5-9,11-13,15-18,22,24H,10,14H2,1-4H3,(H,28,30)/b7-5-/t18-,22-,24-/m0/s1. The van der Waals surface area contributed by atoms with E-state index >= 15 is 0 Å². The lowest BCUT2D eigenvalue weighted by Crippen LogP contribution is -2.51. The first-order valence-electron chi connectivity index (χ1n) is 11.0. The Labute approximate surface area is 195 Å². The van der Waals surface area contributed by atoms with Gasteiger partial charge in [0.15, 0.2) is 0 Å². The Morgan fingerprint density at radius 3 is 2.50 bits per heavy atom. The van der Waals surface area contributed by atoms with Crippen molar-refractivity contribution in [1.29, 1.82) is 0 Å². The van der Waals surface area contributed by atoms with Crippen molar-refractivity contribution in [3.63, 3.8) is 0 Å². The van der Waals surface area contributed by atoms with Crippen molar-refractivity contribution in [3.8, 4) is 5.75 Å². The number of nitrogens with one attached hydrogen (secondary N) is 1. The zero-order valence-corrected chi connectivity index (χ0v) is 19.8. The predicted octanol–water partition coefficient (Wildman–Crippen LogP) is 5.41. The molecule has 0 saturated heterocycles. The third-order valence-corrected chi connectivity index (χ3v) is 5.89. The van der Waals surface area contributed by atoms with Crippen molar-refractivity contribution in [3.05, 3.63) is 76.8 Å². The zero-order valence-electron chi connectivity index (χ0n) is 19.0. The molecular formula is C26H31ClN2O3. The van der Waals surface area contributed by atoms with Crippen LogP contribution in [0.3, 0.4) is 0 Å². The van der Waals surface area contributed by atoms with Crippen LogP contribution in [0, 0.1) is 5.92 Å². The molecule has 2 amide bonds. The van der Waals surface area contributed by atoms with Gasteiger partial charge in [0, 0.05) is 18.5 Å². The minimum atomic E-state index is -0.637. The summed E-state index contributed by atoms with van der Waals surface area (Å²) in [5.41, 5.74) is 1.38. The van der Waals surface area contributed by atoms with Crippen molar-refractivity contribution in [1.82, 2.24) is 10.2 Å². The summed E-state index contributed by atoms with van der Waals surface area (Å²) in [6, 6.07) is 13.8. The van der Waals surface area contributed by atoms with Crippen molar-refractivity contribution in [2.45, 2.75) is 51.8 Å². The highest BCUT2D eigenvalue weighted by atomic mass is 35.5. The third-order valence-electron chi connectivity index (χ3n) is 5.66. The van der Waals surface area contributed by atoms with Crippen LogP contribution in [0.4, 0.5) is 0 Å². The van der Waals surface area contributed by atoms with Crippen LogP contribution in [0.5, 0.6) is 5.75 Å². The van der Waals surface area contributed by atoms with E-state index in [0.29, 0.717) is 29.2 Å². The molecule has 1 N–H and O–H groups in total. The number of rotatable bonds is 2. The van der Waals surface area contributed by atoms with Crippen LogP contribution in [0.15, 0.2) is 60.7 Å². The van der Waals surface area contributed by atoms with Gasteiger partial charge in [-0.25, -0.2) is 0 Å². The summed E-state index contributed by atoms with van der Waals surface area (Å²) in [5.74, 6) is 0.00745. The summed E-state index contributed by atoms with van der Waals surface area (Å²) in [7, 11) is 1.67. The maximum absolute atomic E-state index is 13.4. The van der Waals surface area contributed by atoms with Gasteiger partial charge in [-0.15, -0.1) is 0 Å². The van der Waals surface area contributed by atoms with Crippen molar-refractivity contribution >= 4 is 23.4 Å². The Balaban J connectivity index is 2.01. The van der Waals surface area contributed by atoms with E-state index in [4.69, 9.17) is 16.3 Å². The van der Waals surface area contributed by atoms with E-state index in [1.807, 2.05) is 51.1 Å². The second-order valence-corrected chi connectivity index (χ2v) is 9.02. The monoisotopic (exact) mass is 454 g/mol. The molecule has 32 heavy (non-hydrogen) atoms. The summed E-state index contributed by atoms with van der Waals surface area (Å²) in [4.78, 5) is 28.3. The van der Waals surface area contributed by atoms with Crippen LogP contribution in [0.1, 0.15) is 55.6 Å².